The largest absolute Gasteiger partial charge is 0.326 e. The zero-order valence-corrected chi connectivity index (χ0v) is 8.72. The van der Waals surface area contributed by atoms with Gasteiger partial charge in [0.25, 0.3) is 0 Å². The van der Waals surface area contributed by atoms with E-state index in [1.54, 1.807) is 0 Å². The molecule has 2 unspecified atom stereocenters. The molecule has 1 saturated carbocycles. The standard InChI is InChI=1S/C9H17N5/c1-13(2)5-7-6-14(12-11-7)9-4-3-8(9)10/h6,8-9H,3-5,10H2,1-2H3. The fourth-order valence-corrected chi connectivity index (χ4v) is 1.71. The van der Waals surface area contributed by atoms with Gasteiger partial charge in [0.05, 0.1) is 17.9 Å². The summed E-state index contributed by atoms with van der Waals surface area (Å²) in [7, 11) is 4.04. The summed E-state index contributed by atoms with van der Waals surface area (Å²) < 4.78 is 1.91. The lowest BCUT2D eigenvalue weighted by atomic mass is 9.87. The van der Waals surface area contributed by atoms with E-state index in [1.165, 1.54) is 0 Å². The van der Waals surface area contributed by atoms with Crippen molar-refractivity contribution in [3.05, 3.63) is 11.9 Å². The third-order valence-electron chi connectivity index (χ3n) is 2.67. The first kappa shape index (κ1) is 9.61. The molecule has 1 fully saturated rings. The predicted octanol–water partition coefficient (Wildman–Crippen LogP) is 0.00190. The van der Waals surface area contributed by atoms with Crippen molar-refractivity contribution in [2.45, 2.75) is 31.5 Å². The van der Waals surface area contributed by atoms with Gasteiger partial charge in [-0.25, -0.2) is 4.68 Å². The Hall–Kier alpha value is -0.940. The number of nitrogens with zero attached hydrogens (tertiary/aromatic N) is 4. The van der Waals surface area contributed by atoms with E-state index in [9.17, 15) is 0 Å². The van der Waals surface area contributed by atoms with Crippen LogP contribution >= 0.6 is 0 Å². The average molecular weight is 195 g/mol. The average Bonchev–Trinajstić information content (AvgIpc) is 2.49. The molecule has 1 aliphatic rings. The quantitative estimate of drug-likeness (QED) is 0.737. The Morgan fingerprint density at radius 2 is 2.36 bits per heavy atom. The highest BCUT2D eigenvalue weighted by molar-refractivity contribution is 4.97. The number of nitrogens with two attached hydrogens (primary N) is 1. The highest BCUT2D eigenvalue weighted by atomic mass is 15.4. The molecule has 2 N–H and O–H groups in total. The Kier molecular flexibility index (Phi) is 2.52. The lowest BCUT2D eigenvalue weighted by Crippen LogP contribution is -2.41. The van der Waals surface area contributed by atoms with E-state index in [-0.39, 0.29) is 6.04 Å². The normalized spacial score (nSPS) is 26.6. The van der Waals surface area contributed by atoms with E-state index in [2.05, 4.69) is 15.2 Å². The fraction of sp³-hybridized carbons (Fsp3) is 0.778. The molecule has 2 atom stereocenters. The summed E-state index contributed by atoms with van der Waals surface area (Å²) in [6.07, 6.45) is 4.24. The Balaban J connectivity index is 2.02. The zero-order valence-electron chi connectivity index (χ0n) is 8.72. The van der Waals surface area contributed by atoms with Gasteiger partial charge in [0, 0.05) is 12.6 Å². The van der Waals surface area contributed by atoms with Crippen LogP contribution in [0.1, 0.15) is 24.6 Å². The van der Waals surface area contributed by atoms with Gasteiger partial charge >= 0.3 is 0 Å². The van der Waals surface area contributed by atoms with Gasteiger partial charge in [-0.3, -0.25) is 0 Å². The smallest absolute Gasteiger partial charge is 0.0967 e. The van der Waals surface area contributed by atoms with E-state index in [4.69, 9.17) is 5.73 Å². The number of hydrogen-bond acceptors (Lipinski definition) is 4. The Bertz CT molecular complexity index is 306. The summed E-state index contributed by atoms with van der Waals surface area (Å²) >= 11 is 0. The number of aromatic nitrogens is 3. The number of hydrogen-bond donors (Lipinski definition) is 1. The Labute approximate surface area is 83.9 Å². The van der Waals surface area contributed by atoms with Crippen LogP contribution < -0.4 is 5.73 Å². The highest BCUT2D eigenvalue weighted by Gasteiger charge is 2.29. The van der Waals surface area contributed by atoms with E-state index in [1.807, 2.05) is 25.0 Å². The van der Waals surface area contributed by atoms with Crippen molar-refractivity contribution in [1.82, 2.24) is 19.9 Å². The Morgan fingerprint density at radius 1 is 1.57 bits per heavy atom. The van der Waals surface area contributed by atoms with Crippen molar-refractivity contribution in [2.24, 2.45) is 5.73 Å². The minimum atomic E-state index is 0.268. The van der Waals surface area contributed by atoms with Gasteiger partial charge in [-0.2, -0.15) is 0 Å². The third kappa shape index (κ3) is 1.78. The molecule has 0 saturated heterocycles. The van der Waals surface area contributed by atoms with E-state index in [0.29, 0.717) is 6.04 Å². The summed E-state index contributed by atoms with van der Waals surface area (Å²) in [6.45, 7) is 0.835. The van der Waals surface area contributed by atoms with Crippen LogP contribution in [0.3, 0.4) is 0 Å². The maximum absolute atomic E-state index is 5.87. The van der Waals surface area contributed by atoms with Gasteiger partial charge in [-0.1, -0.05) is 5.21 Å². The lowest BCUT2D eigenvalue weighted by Gasteiger charge is -2.32. The van der Waals surface area contributed by atoms with Crippen LogP contribution in [0.2, 0.25) is 0 Å². The molecule has 1 aromatic rings. The molecular formula is C9H17N5. The highest BCUT2D eigenvalue weighted by Crippen LogP contribution is 2.29. The van der Waals surface area contributed by atoms with Crippen LogP contribution in [-0.2, 0) is 6.54 Å². The molecule has 14 heavy (non-hydrogen) atoms. The molecule has 2 rings (SSSR count). The molecule has 0 bridgehead atoms. The van der Waals surface area contributed by atoms with E-state index >= 15 is 0 Å². The molecule has 1 aromatic heterocycles. The summed E-state index contributed by atoms with van der Waals surface area (Å²) in [5.74, 6) is 0. The first-order chi connectivity index (χ1) is 6.66. The molecule has 0 aliphatic heterocycles. The number of rotatable bonds is 3. The molecule has 1 heterocycles. The maximum Gasteiger partial charge on any atom is 0.0967 e. The first-order valence-corrected chi connectivity index (χ1v) is 4.98. The molecule has 1 aliphatic carbocycles. The second-order valence-corrected chi connectivity index (χ2v) is 4.24. The van der Waals surface area contributed by atoms with Gasteiger partial charge in [-0.05, 0) is 26.9 Å². The second kappa shape index (κ2) is 3.67. The topological polar surface area (TPSA) is 60.0 Å². The van der Waals surface area contributed by atoms with Crippen molar-refractivity contribution in [2.75, 3.05) is 14.1 Å². The monoisotopic (exact) mass is 195 g/mol. The van der Waals surface area contributed by atoms with Crippen molar-refractivity contribution in [1.29, 1.82) is 0 Å². The van der Waals surface area contributed by atoms with Crippen LogP contribution in [-0.4, -0.2) is 40.0 Å². The predicted molar refractivity (Wildman–Crippen MR) is 53.7 cm³/mol. The van der Waals surface area contributed by atoms with Crippen LogP contribution in [0.25, 0.3) is 0 Å². The van der Waals surface area contributed by atoms with Gasteiger partial charge < -0.3 is 10.6 Å². The minimum absolute atomic E-state index is 0.268. The van der Waals surface area contributed by atoms with Crippen molar-refractivity contribution < 1.29 is 0 Å². The Morgan fingerprint density at radius 3 is 2.86 bits per heavy atom. The fourth-order valence-electron chi connectivity index (χ4n) is 1.71. The van der Waals surface area contributed by atoms with Crippen molar-refractivity contribution in [3.8, 4) is 0 Å². The minimum Gasteiger partial charge on any atom is -0.326 e. The van der Waals surface area contributed by atoms with Gasteiger partial charge in [0.15, 0.2) is 0 Å². The maximum atomic E-state index is 5.87. The van der Waals surface area contributed by atoms with Gasteiger partial charge in [0.2, 0.25) is 0 Å². The summed E-state index contributed by atoms with van der Waals surface area (Å²) in [6, 6.07) is 0.641. The van der Waals surface area contributed by atoms with E-state index in [0.717, 1.165) is 25.1 Å². The van der Waals surface area contributed by atoms with E-state index < -0.39 is 0 Å². The third-order valence-corrected chi connectivity index (χ3v) is 2.67. The van der Waals surface area contributed by atoms with Crippen molar-refractivity contribution in [3.63, 3.8) is 0 Å². The second-order valence-electron chi connectivity index (χ2n) is 4.24. The summed E-state index contributed by atoms with van der Waals surface area (Å²) in [5, 5.41) is 8.21. The van der Waals surface area contributed by atoms with Crippen LogP contribution in [0, 0.1) is 0 Å². The molecule has 0 amide bonds. The molecule has 78 valence electrons. The molecular weight excluding hydrogens is 178 g/mol. The van der Waals surface area contributed by atoms with Crippen LogP contribution in [0.4, 0.5) is 0 Å². The molecule has 0 radical (unpaired) electrons. The molecule has 5 heteroatoms. The van der Waals surface area contributed by atoms with Crippen molar-refractivity contribution >= 4 is 0 Å². The van der Waals surface area contributed by atoms with Crippen LogP contribution in [0.15, 0.2) is 6.20 Å². The summed E-state index contributed by atoms with van der Waals surface area (Å²) in [5.41, 5.74) is 6.87. The zero-order chi connectivity index (χ0) is 10.1. The summed E-state index contributed by atoms with van der Waals surface area (Å²) in [4.78, 5) is 2.08. The first-order valence-electron chi connectivity index (χ1n) is 4.98. The van der Waals surface area contributed by atoms with Gasteiger partial charge in [-0.15, -0.1) is 5.10 Å². The molecule has 5 nitrogen and oxygen atoms in total. The SMILES string of the molecule is CN(C)Cc1cn(C2CCC2N)nn1. The lowest BCUT2D eigenvalue weighted by molar-refractivity contribution is 0.235. The molecule has 0 spiro atoms. The van der Waals surface area contributed by atoms with Crippen LogP contribution in [0.5, 0.6) is 0 Å². The molecule has 0 aromatic carbocycles. The van der Waals surface area contributed by atoms with Gasteiger partial charge in [0.1, 0.15) is 0 Å².